The molecule has 4 aliphatic heterocycles. The maximum atomic E-state index is 3.69. The average Bonchev–Trinajstić information content (AvgIpc) is 3.84. The molecule has 0 aromatic heterocycles. The highest BCUT2D eigenvalue weighted by Gasteiger charge is 2.33. The first-order valence-corrected chi connectivity index (χ1v) is 15.4. The summed E-state index contributed by atoms with van der Waals surface area (Å²) in [6.07, 6.45) is 11.5. The van der Waals surface area contributed by atoms with Crippen LogP contribution in [0.1, 0.15) is 73.4 Å². The van der Waals surface area contributed by atoms with Gasteiger partial charge in [0.25, 0.3) is 0 Å². The molecule has 0 amide bonds. The summed E-state index contributed by atoms with van der Waals surface area (Å²) in [6.45, 7) is 8.72. The molecule has 42 heavy (non-hydrogen) atoms. The van der Waals surface area contributed by atoms with E-state index in [4.69, 9.17) is 0 Å². The lowest BCUT2D eigenvalue weighted by atomic mass is 9.83. The monoisotopic (exact) mass is 558 g/mol. The number of nitrogens with zero attached hydrogens (tertiary/aromatic N) is 1. The van der Waals surface area contributed by atoms with Crippen LogP contribution in [-0.4, -0.2) is 25.4 Å². The Hall–Kier alpha value is -4.16. The van der Waals surface area contributed by atoms with Crippen LogP contribution < -0.4 is 31.5 Å². The fraction of sp³-hybridized carbons (Fsp3) is 0.333. The van der Waals surface area contributed by atoms with Crippen LogP contribution in [0.4, 0.5) is 5.69 Å². The normalized spacial score (nSPS) is 25.0. The molecule has 1 fully saturated rings. The predicted octanol–water partition coefficient (Wildman–Crippen LogP) is 5.86. The molecule has 7 rings (SSSR count). The van der Waals surface area contributed by atoms with Gasteiger partial charge in [-0.3, -0.25) is 0 Å². The standard InChI is InChI=1S/C36H42N6/c1-36(2,3)28-14-10-27(11-15-28)34-30(24-6-8-25(9-7-24)32-21-37-23-40-32)18-20-42(34)29-16-12-26(13-17-29)33-22-39-35(41-33)31-5-4-19-38-31/h6-18,20-22,30-31,34-35,37-41H,4-5,19,23H2,1-3H3/t30?,31-,34+,35?/m0/s1. The Labute approximate surface area is 250 Å². The van der Waals surface area contributed by atoms with Gasteiger partial charge in [0.15, 0.2) is 0 Å². The van der Waals surface area contributed by atoms with Crippen molar-refractivity contribution in [2.24, 2.45) is 0 Å². The first kappa shape index (κ1) is 26.7. The largest absolute Gasteiger partial charge is 0.372 e. The minimum absolute atomic E-state index is 0.125. The van der Waals surface area contributed by atoms with E-state index in [1.54, 1.807) is 0 Å². The molecule has 0 saturated carbocycles. The van der Waals surface area contributed by atoms with Crippen molar-refractivity contribution < 1.29 is 0 Å². The van der Waals surface area contributed by atoms with Gasteiger partial charge in [-0.05, 0) is 64.8 Å². The molecule has 2 unspecified atom stereocenters. The molecule has 4 heterocycles. The Bertz CT molecular complexity index is 1490. The molecule has 3 aromatic rings. The second kappa shape index (κ2) is 10.9. The fourth-order valence-electron chi connectivity index (χ4n) is 6.68. The summed E-state index contributed by atoms with van der Waals surface area (Å²) in [5.41, 5.74) is 10.0. The third kappa shape index (κ3) is 5.16. The molecule has 5 N–H and O–H groups in total. The van der Waals surface area contributed by atoms with Gasteiger partial charge < -0.3 is 31.5 Å². The zero-order valence-electron chi connectivity index (χ0n) is 24.8. The Morgan fingerprint density at radius 3 is 2.17 bits per heavy atom. The molecule has 1 saturated heterocycles. The van der Waals surface area contributed by atoms with Crippen LogP contribution in [-0.2, 0) is 5.41 Å². The number of nitrogens with one attached hydrogen (secondary N) is 5. The molecule has 6 heteroatoms. The van der Waals surface area contributed by atoms with Gasteiger partial charge in [0.1, 0.15) is 6.17 Å². The van der Waals surface area contributed by atoms with Crippen molar-refractivity contribution in [2.45, 2.75) is 63.2 Å². The van der Waals surface area contributed by atoms with Gasteiger partial charge in [-0.15, -0.1) is 0 Å². The highest BCUT2D eigenvalue weighted by atomic mass is 15.2. The Morgan fingerprint density at radius 2 is 1.50 bits per heavy atom. The molecule has 4 atom stereocenters. The molecule has 216 valence electrons. The first-order chi connectivity index (χ1) is 20.4. The maximum absolute atomic E-state index is 3.69. The minimum Gasteiger partial charge on any atom is -0.372 e. The van der Waals surface area contributed by atoms with Gasteiger partial charge in [0, 0.05) is 36.2 Å². The average molecular weight is 559 g/mol. The topological polar surface area (TPSA) is 63.4 Å². The molecule has 0 spiro atoms. The second-order valence-electron chi connectivity index (χ2n) is 12.9. The van der Waals surface area contributed by atoms with E-state index in [-0.39, 0.29) is 23.5 Å². The van der Waals surface area contributed by atoms with Crippen LogP contribution in [0.5, 0.6) is 0 Å². The van der Waals surface area contributed by atoms with Crippen molar-refractivity contribution in [3.8, 4) is 0 Å². The van der Waals surface area contributed by atoms with Gasteiger partial charge in [-0.1, -0.05) is 87.5 Å². The van der Waals surface area contributed by atoms with Gasteiger partial charge >= 0.3 is 0 Å². The predicted molar refractivity (Wildman–Crippen MR) is 173 cm³/mol. The lowest BCUT2D eigenvalue weighted by Gasteiger charge is -2.31. The zero-order valence-corrected chi connectivity index (χ0v) is 24.8. The van der Waals surface area contributed by atoms with E-state index in [2.05, 4.69) is 150 Å². The lowest BCUT2D eigenvalue weighted by Crippen LogP contribution is -2.47. The van der Waals surface area contributed by atoms with Crippen molar-refractivity contribution in [3.05, 3.63) is 125 Å². The second-order valence-corrected chi connectivity index (χ2v) is 12.9. The Balaban J connectivity index is 1.15. The molecule has 0 radical (unpaired) electrons. The van der Waals surface area contributed by atoms with Gasteiger partial charge in [0.2, 0.25) is 0 Å². The smallest absolute Gasteiger partial charge is 0.112 e. The highest BCUT2D eigenvalue weighted by molar-refractivity contribution is 5.69. The van der Waals surface area contributed by atoms with E-state index < -0.39 is 0 Å². The van der Waals surface area contributed by atoms with Crippen LogP contribution in [0, 0.1) is 0 Å². The summed E-state index contributed by atoms with van der Waals surface area (Å²) < 4.78 is 0. The first-order valence-electron chi connectivity index (χ1n) is 15.4. The van der Waals surface area contributed by atoms with Crippen molar-refractivity contribution >= 4 is 17.1 Å². The number of benzene rings is 3. The Morgan fingerprint density at radius 1 is 0.786 bits per heavy atom. The highest BCUT2D eigenvalue weighted by Crippen LogP contribution is 2.45. The number of hydrogen-bond acceptors (Lipinski definition) is 6. The van der Waals surface area contributed by atoms with Crippen molar-refractivity contribution in [3.63, 3.8) is 0 Å². The van der Waals surface area contributed by atoms with E-state index in [1.165, 1.54) is 46.3 Å². The quantitative estimate of drug-likeness (QED) is 0.261. The van der Waals surface area contributed by atoms with Crippen molar-refractivity contribution in [1.82, 2.24) is 26.6 Å². The van der Waals surface area contributed by atoms with E-state index in [0.717, 1.165) is 24.6 Å². The zero-order chi connectivity index (χ0) is 28.7. The van der Waals surface area contributed by atoms with Crippen LogP contribution in [0.15, 0.2) is 97.5 Å². The maximum Gasteiger partial charge on any atom is 0.112 e. The number of rotatable bonds is 6. The molecule has 4 aliphatic rings. The molecule has 3 aromatic carbocycles. The minimum atomic E-state index is 0.125. The SMILES string of the molecule is CC(C)(C)c1ccc([C@@H]2C(c3ccc(C4=CNCN4)cc3)C=CN2c2ccc(C3=CNC([C@@H]4CCCN4)N3)cc2)cc1. The Kier molecular flexibility index (Phi) is 6.95. The van der Waals surface area contributed by atoms with Crippen molar-refractivity contribution in [1.29, 1.82) is 0 Å². The summed E-state index contributed by atoms with van der Waals surface area (Å²) >= 11 is 0. The summed E-state index contributed by atoms with van der Waals surface area (Å²) in [5, 5.41) is 17.5. The van der Waals surface area contributed by atoms with Crippen LogP contribution in [0.25, 0.3) is 11.4 Å². The van der Waals surface area contributed by atoms with E-state index in [1.807, 2.05) is 0 Å². The van der Waals surface area contributed by atoms with E-state index >= 15 is 0 Å². The number of hydrogen-bond donors (Lipinski definition) is 5. The van der Waals surface area contributed by atoms with Crippen LogP contribution in [0.2, 0.25) is 0 Å². The van der Waals surface area contributed by atoms with Crippen LogP contribution >= 0.6 is 0 Å². The van der Waals surface area contributed by atoms with Crippen LogP contribution in [0.3, 0.4) is 0 Å². The molecule has 0 aliphatic carbocycles. The molecular weight excluding hydrogens is 516 g/mol. The van der Waals surface area contributed by atoms with Gasteiger partial charge in [-0.25, -0.2) is 0 Å². The summed E-state index contributed by atoms with van der Waals surface area (Å²) in [4.78, 5) is 2.44. The van der Waals surface area contributed by atoms with E-state index in [0.29, 0.717) is 6.04 Å². The fourth-order valence-corrected chi connectivity index (χ4v) is 6.68. The van der Waals surface area contributed by atoms with Crippen molar-refractivity contribution in [2.75, 3.05) is 18.1 Å². The van der Waals surface area contributed by atoms with Gasteiger partial charge in [-0.2, -0.15) is 0 Å². The third-order valence-electron chi connectivity index (χ3n) is 9.14. The van der Waals surface area contributed by atoms with Gasteiger partial charge in [0.05, 0.1) is 24.1 Å². The lowest BCUT2D eigenvalue weighted by molar-refractivity contribution is 0.429. The van der Waals surface area contributed by atoms with E-state index in [9.17, 15) is 0 Å². The summed E-state index contributed by atoms with van der Waals surface area (Å²) in [6, 6.07) is 28.0. The summed E-state index contributed by atoms with van der Waals surface area (Å²) in [5.74, 6) is 0.242. The number of anilines is 1. The molecular formula is C36H42N6. The summed E-state index contributed by atoms with van der Waals surface area (Å²) in [7, 11) is 0. The molecule has 0 bridgehead atoms. The molecule has 6 nitrogen and oxygen atoms in total. The third-order valence-corrected chi connectivity index (χ3v) is 9.14.